The van der Waals surface area contributed by atoms with Gasteiger partial charge in [0.15, 0.2) is 15.8 Å². The fourth-order valence-corrected chi connectivity index (χ4v) is 11.8. The van der Waals surface area contributed by atoms with Gasteiger partial charge in [0, 0.05) is 38.8 Å². The van der Waals surface area contributed by atoms with Gasteiger partial charge in [0.05, 0.1) is 92.9 Å². The van der Waals surface area contributed by atoms with Crippen LogP contribution in [0.1, 0.15) is 155 Å². The summed E-state index contributed by atoms with van der Waals surface area (Å²) in [6.07, 6.45) is -6.26. The minimum absolute atomic E-state index is 0. The Labute approximate surface area is 725 Å². The number of halogens is 17. The summed E-state index contributed by atoms with van der Waals surface area (Å²) in [5, 5.41) is 66.3. The molecule has 4 atom stereocenters. The molecule has 0 aliphatic carbocycles. The number of hydrogen-bond acceptors (Lipinski definition) is 22. The summed E-state index contributed by atoms with van der Waals surface area (Å²) in [6, 6.07) is 22.0. The number of H-pyrrole nitrogens is 1. The standard InChI is InChI=1S/C20H14F4N6OS.C12H9F4N3O2.C12H11F4N3.C10H9N3O2S.C9H6F4O.C9H11FO.C3H3N3O2.CH4.B.Na.H/c1-11(14-6-5-12(21)8-15(14)20(22,23)24)30-10-13(9-26-30)27-17(31)19-29-28-18(32-19)16-4-2-3-7-25-16;1-7(18-6-9(5-17-18)19(20)21)10-3-2-8(13)4-11(10)12(14,15)16;1-7(19-6-9(17)5-18-19)10-3-2-8(13)4-11(10)12(14,15)16;1-2-15-10(14)9-13-12-8(16-9)7-5-3-4-6-11-7;1-5(14)7-3-2-6(10)4-8(7)9(11,12)13;1-6-5-8(10)3-4-9(6)7(2)11;7-6(8)3-1-4-5-2-3;;;;/h2-11H,1H3,(H,27,31);2-7H,1H3;2-7H,17H2,1H3;3-6H,2H2,1H3;2-4H,1H3;3-5,7,11H,1-2H3;1-2H,(H,4,5);1H4;;;/q;;;;;;;;;+1;-1. The van der Waals surface area contributed by atoms with E-state index in [9.17, 15) is 114 Å². The Kier molecular flexibility index (Phi) is 38.5. The molecule has 0 aliphatic rings. The average Bonchev–Trinajstić information content (AvgIpc) is 1.79. The third-order valence-corrected chi connectivity index (χ3v) is 18.0. The molecule has 5 N–H and O–H groups in total. The van der Waals surface area contributed by atoms with Crippen LogP contribution in [0, 0.1) is 56.2 Å². The molecule has 651 valence electrons. The Hall–Kier alpha value is -12.6. The number of aromatic amines is 1. The maximum Gasteiger partial charge on any atom is 1.00 e. The van der Waals surface area contributed by atoms with Crippen LogP contribution in [0.2, 0.25) is 0 Å². The molecule has 5 aromatic carbocycles. The van der Waals surface area contributed by atoms with Crippen molar-refractivity contribution in [1.29, 1.82) is 0 Å². The zero-order valence-electron chi connectivity index (χ0n) is 65.7. The molecule has 3 radical (unpaired) electrons. The largest absolute Gasteiger partial charge is 1.00 e. The van der Waals surface area contributed by atoms with Crippen LogP contribution in [-0.2, 0) is 29.4 Å². The molecule has 0 bridgehead atoms. The number of aliphatic hydroxyl groups is 1. The van der Waals surface area contributed by atoms with Crippen LogP contribution in [0.15, 0.2) is 189 Å². The number of nitrogen functional groups attached to an aromatic ring is 1. The zero-order chi connectivity index (χ0) is 89.6. The number of hydrogen-bond donors (Lipinski definition) is 4. The molecule has 13 aromatic rings. The van der Waals surface area contributed by atoms with E-state index in [-0.39, 0.29) is 96.4 Å². The van der Waals surface area contributed by atoms with Crippen LogP contribution in [0.4, 0.5) is 97.4 Å². The third kappa shape index (κ3) is 29.9. The molecule has 0 aliphatic heterocycles. The summed E-state index contributed by atoms with van der Waals surface area (Å²) in [5.41, 5.74) is 3.20. The second-order valence-corrected chi connectivity index (χ2v) is 26.6. The predicted octanol–water partition coefficient (Wildman–Crippen LogP) is 16.3. The Bertz CT molecular complexity index is 5680. The van der Waals surface area contributed by atoms with Gasteiger partial charge in [-0.05, 0) is 167 Å². The molecule has 0 fully saturated rings. The molecule has 0 saturated carbocycles. The fourth-order valence-electron chi connectivity index (χ4n) is 10.3. The van der Waals surface area contributed by atoms with Crippen LogP contribution >= 0.6 is 22.7 Å². The number of ketones is 1. The quantitative estimate of drug-likeness (QED) is 0.0174. The van der Waals surface area contributed by atoms with Gasteiger partial charge < -0.3 is 22.3 Å². The number of anilines is 2. The van der Waals surface area contributed by atoms with Crippen LogP contribution in [0.3, 0.4) is 0 Å². The van der Waals surface area contributed by atoms with Gasteiger partial charge in [-0.3, -0.25) is 58.9 Å². The van der Waals surface area contributed by atoms with Gasteiger partial charge in [-0.2, -0.15) is 73.1 Å². The van der Waals surface area contributed by atoms with Gasteiger partial charge in [0.25, 0.3) is 5.91 Å². The average molecular weight is 1800 g/mol. The number of nitrogens with two attached hydrogens (primary N) is 1. The molecule has 0 spiro atoms. The van der Waals surface area contributed by atoms with Gasteiger partial charge in [0.1, 0.15) is 59.1 Å². The molecule has 8 aromatic heterocycles. The number of nitrogens with zero attached hydrogens (tertiary/aromatic N) is 15. The van der Waals surface area contributed by atoms with E-state index in [0.29, 0.717) is 58.0 Å². The van der Waals surface area contributed by atoms with E-state index in [0.717, 1.165) is 101 Å². The minimum atomic E-state index is -4.73. The number of aromatic nitrogens is 14. The fraction of sp³-hybridized carbons (Fsp3) is 0.224. The number of benzene rings is 5. The van der Waals surface area contributed by atoms with Gasteiger partial charge in [-0.25, -0.2) is 26.7 Å². The number of nitrogens with one attached hydrogen (secondary N) is 2. The first-order valence-electron chi connectivity index (χ1n) is 34.3. The number of rotatable bonds is 16. The van der Waals surface area contributed by atoms with E-state index in [4.69, 9.17) is 10.5 Å². The van der Waals surface area contributed by atoms with E-state index in [1.165, 1.54) is 84.6 Å². The molecule has 13 rings (SSSR count). The van der Waals surface area contributed by atoms with Crippen molar-refractivity contribution in [2.75, 3.05) is 17.7 Å². The van der Waals surface area contributed by atoms with E-state index < -0.39 is 128 Å². The van der Waals surface area contributed by atoms with Crippen molar-refractivity contribution in [2.45, 2.75) is 105 Å². The zero-order valence-corrected chi connectivity index (χ0v) is 68.4. The van der Waals surface area contributed by atoms with Crippen molar-refractivity contribution in [3.8, 4) is 21.4 Å². The molecule has 124 heavy (non-hydrogen) atoms. The van der Waals surface area contributed by atoms with E-state index in [1.807, 2.05) is 18.2 Å². The van der Waals surface area contributed by atoms with E-state index in [2.05, 4.69) is 61.2 Å². The monoisotopic (exact) mass is 1800 g/mol. The summed E-state index contributed by atoms with van der Waals surface area (Å²) in [6.45, 7) is 10.9. The second-order valence-electron chi connectivity index (χ2n) is 24.7. The minimum Gasteiger partial charge on any atom is -1.00 e. The van der Waals surface area contributed by atoms with Gasteiger partial charge in [0.2, 0.25) is 10.0 Å². The SMILES string of the molecule is C.CC(=O)c1ccc(F)cc1C(F)(F)F.CC(c1ccc(F)cc1C(F)(F)F)n1cc(N)cn1.CC(c1ccc(F)cc1C(F)(F)F)n1cc(NC(=O)c2nnc(-c3ccccn3)s2)cn1.CC(c1ccc(F)cc1C(F)(F)F)n1cc([N+](=O)[O-])cn1.CCOC(=O)c1nnc(-c2ccccn2)s1.Cc1cc(F)ccc1C(C)O.O=[N+]([O-])c1cn[nH]c1.[B].[H-].[Na+]. The maximum atomic E-state index is 13.4. The predicted molar refractivity (Wildman–Crippen MR) is 416 cm³/mol. The van der Waals surface area contributed by atoms with Crippen molar-refractivity contribution in [3.63, 3.8) is 0 Å². The molecule has 1 amide bonds. The Morgan fingerprint density at radius 1 is 0.556 bits per heavy atom. The molecular weight excluding hydrogens is 1730 g/mol. The van der Waals surface area contributed by atoms with Crippen LogP contribution in [-0.4, -0.2) is 118 Å². The first kappa shape index (κ1) is 104. The number of amides is 1. The molecular formula is C76H68BF17N18NaO9S2. The molecule has 48 heteroatoms. The van der Waals surface area contributed by atoms with E-state index in [1.54, 1.807) is 57.4 Å². The summed E-state index contributed by atoms with van der Waals surface area (Å²) in [4.78, 5) is 62.1. The number of esters is 1. The van der Waals surface area contributed by atoms with Gasteiger partial charge >= 0.3 is 71.6 Å². The number of nitro groups is 2. The van der Waals surface area contributed by atoms with Gasteiger partial charge in [-0.15, -0.1) is 20.4 Å². The molecule has 8 heterocycles. The number of aliphatic hydroxyl groups excluding tert-OH is 1. The molecule has 0 saturated heterocycles. The number of alkyl halides is 12. The number of ether oxygens (including phenoxy) is 1. The van der Waals surface area contributed by atoms with E-state index >= 15 is 0 Å². The van der Waals surface area contributed by atoms with Crippen LogP contribution < -0.4 is 40.6 Å². The van der Waals surface area contributed by atoms with Crippen molar-refractivity contribution in [1.82, 2.24) is 69.9 Å². The third-order valence-electron chi connectivity index (χ3n) is 16.1. The van der Waals surface area contributed by atoms with Crippen LogP contribution in [0.5, 0.6) is 0 Å². The first-order valence-corrected chi connectivity index (χ1v) is 35.9. The summed E-state index contributed by atoms with van der Waals surface area (Å²) in [5.74, 6) is -5.92. The molecule has 4 unspecified atom stereocenters. The smallest absolute Gasteiger partial charge is 1.00 e. The number of aryl methyl sites for hydroxylation is 1. The van der Waals surface area contributed by atoms with Crippen molar-refractivity contribution < 1.29 is 140 Å². The number of carbonyl (C=O) groups is 3. The Balaban J connectivity index is 0.000000388. The second kappa shape index (κ2) is 46.0. The normalized spacial score (nSPS) is 11.9. The molecule has 27 nitrogen and oxygen atoms in total. The van der Waals surface area contributed by atoms with Crippen molar-refractivity contribution in [3.05, 3.63) is 304 Å². The number of pyridine rings is 2. The van der Waals surface area contributed by atoms with Crippen molar-refractivity contribution in [2.24, 2.45) is 0 Å². The summed E-state index contributed by atoms with van der Waals surface area (Å²) < 4.78 is 227. The number of Topliss-reactive ketones (excluding diaryl/α,β-unsaturated/α-hetero) is 1. The van der Waals surface area contributed by atoms with Crippen LogP contribution in [0.25, 0.3) is 21.4 Å². The van der Waals surface area contributed by atoms with Gasteiger partial charge in [-0.1, -0.05) is 66.5 Å². The first-order chi connectivity index (χ1) is 56.7. The van der Waals surface area contributed by atoms with Crippen molar-refractivity contribution >= 4 is 71.5 Å². The maximum absolute atomic E-state index is 13.4. The summed E-state index contributed by atoms with van der Waals surface area (Å²) in [7, 11) is 0. The topological polar surface area (TPSA) is 364 Å². The Morgan fingerprint density at radius 3 is 1.33 bits per heavy atom. The Morgan fingerprint density at radius 2 is 0.960 bits per heavy atom. The number of carbonyl (C=O) groups excluding carboxylic acids is 3. The summed E-state index contributed by atoms with van der Waals surface area (Å²) >= 11 is 2.22.